The zero-order chi connectivity index (χ0) is 19.0. The molecular weight excluding hydrogens is 363 g/mol. The summed E-state index contributed by atoms with van der Waals surface area (Å²) in [5, 5.41) is 9.23. The summed E-state index contributed by atoms with van der Waals surface area (Å²) in [6.07, 6.45) is 3.39. The lowest BCUT2D eigenvalue weighted by atomic mass is 10.2. The summed E-state index contributed by atoms with van der Waals surface area (Å²) in [5.74, 6) is -0.423. The second kappa shape index (κ2) is 7.00. The van der Waals surface area contributed by atoms with Gasteiger partial charge in [-0.15, -0.1) is 11.3 Å². The van der Waals surface area contributed by atoms with Crippen LogP contribution in [-0.4, -0.2) is 20.3 Å². The summed E-state index contributed by atoms with van der Waals surface area (Å²) in [5.41, 5.74) is 3.28. The first-order valence-corrected chi connectivity index (χ1v) is 9.56. The molecule has 138 valence electrons. The number of fused-ring (bicyclic) bond motifs is 1. The number of nitrogens with one attached hydrogen (secondary N) is 1. The minimum atomic E-state index is -0.264. The lowest BCUT2D eigenvalue weighted by Gasteiger charge is -2.13. The Balaban J connectivity index is 1.52. The van der Waals surface area contributed by atoms with Crippen LogP contribution in [0.5, 0.6) is 0 Å². The monoisotopic (exact) mass is 382 g/mol. The largest absolute Gasteiger partial charge is 0.333 e. The zero-order valence-corrected chi connectivity index (χ0v) is 15.8. The van der Waals surface area contributed by atoms with Gasteiger partial charge in [0.05, 0.1) is 28.6 Å². The maximum absolute atomic E-state index is 13.0. The molecule has 5 nitrogen and oxygen atoms in total. The van der Waals surface area contributed by atoms with Gasteiger partial charge in [-0.1, -0.05) is 12.1 Å². The molecule has 4 rings (SSSR count). The highest BCUT2D eigenvalue weighted by atomic mass is 32.1. The SMILES string of the molecule is CC(C)n1c(C(=O)Nc2cnn(Cc3ccc(F)cc3)c2)cc2sccc21. The molecule has 1 aromatic carbocycles. The van der Waals surface area contributed by atoms with Crippen LogP contribution in [0.2, 0.25) is 0 Å². The van der Waals surface area contributed by atoms with Crippen LogP contribution in [0.3, 0.4) is 0 Å². The number of aromatic nitrogens is 3. The van der Waals surface area contributed by atoms with E-state index in [0.717, 1.165) is 15.8 Å². The van der Waals surface area contributed by atoms with Crippen molar-refractivity contribution in [2.24, 2.45) is 0 Å². The second-order valence-electron chi connectivity index (χ2n) is 6.67. The highest BCUT2D eigenvalue weighted by Gasteiger charge is 2.18. The molecule has 0 aliphatic carbocycles. The number of rotatable bonds is 5. The van der Waals surface area contributed by atoms with Crippen molar-refractivity contribution < 1.29 is 9.18 Å². The number of hydrogen-bond donors (Lipinski definition) is 1. The van der Waals surface area contributed by atoms with E-state index in [1.807, 2.05) is 22.1 Å². The van der Waals surface area contributed by atoms with E-state index in [9.17, 15) is 9.18 Å². The Kier molecular flexibility index (Phi) is 4.53. The predicted octanol–water partition coefficient (Wildman–Crippen LogP) is 4.92. The lowest BCUT2D eigenvalue weighted by Crippen LogP contribution is -2.17. The maximum atomic E-state index is 13.0. The van der Waals surface area contributed by atoms with Gasteiger partial charge in [0.15, 0.2) is 0 Å². The third kappa shape index (κ3) is 3.50. The number of hydrogen-bond acceptors (Lipinski definition) is 3. The fraction of sp³-hybridized carbons (Fsp3) is 0.200. The number of thiophene rings is 1. The molecule has 0 saturated heterocycles. The van der Waals surface area contributed by atoms with Crippen molar-refractivity contribution in [1.29, 1.82) is 0 Å². The van der Waals surface area contributed by atoms with Crippen LogP contribution in [0.25, 0.3) is 10.2 Å². The van der Waals surface area contributed by atoms with E-state index in [2.05, 4.69) is 24.3 Å². The summed E-state index contributed by atoms with van der Waals surface area (Å²) in [6, 6.07) is 10.4. The van der Waals surface area contributed by atoms with Crippen molar-refractivity contribution in [3.8, 4) is 0 Å². The average Bonchev–Trinajstić information content (AvgIpc) is 3.32. The molecule has 3 aromatic heterocycles. The van der Waals surface area contributed by atoms with Crippen LogP contribution >= 0.6 is 11.3 Å². The average molecular weight is 382 g/mol. The highest BCUT2D eigenvalue weighted by molar-refractivity contribution is 7.17. The van der Waals surface area contributed by atoms with Crippen LogP contribution in [0.1, 0.15) is 35.9 Å². The van der Waals surface area contributed by atoms with Crippen LogP contribution in [0, 0.1) is 5.82 Å². The Hall–Kier alpha value is -2.93. The molecule has 0 fully saturated rings. The third-order valence-corrected chi connectivity index (χ3v) is 5.21. The molecular formula is C20H19FN4OS. The van der Waals surface area contributed by atoms with Crippen LogP contribution in [-0.2, 0) is 6.54 Å². The fourth-order valence-corrected chi connectivity index (χ4v) is 3.97. The van der Waals surface area contributed by atoms with E-state index in [0.29, 0.717) is 17.9 Å². The Morgan fingerprint density at radius 2 is 2.04 bits per heavy atom. The Bertz CT molecular complexity index is 1090. The molecule has 0 unspecified atom stereocenters. The van der Waals surface area contributed by atoms with Crippen LogP contribution < -0.4 is 5.32 Å². The topological polar surface area (TPSA) is 51.9 Å². The molecule has 1 N–H and O–H groups in total. The smallest absolute Gasteiger partial charge is 0.272 e. The zero-order valence-electron chi connectivity index (χ0n) is 15.0. The number of halogens is 1. The summed E-state index contributed by atoms with van der Waals surface area (Å²) >= 11 is 1.63. The maximum Gasteiger partial charge on any atom is 0.272 e. The highest BCUT2D eigenvalue weighted by Crippen LogP contribution is 2.28. The van der Waals surface area contributed by atoms with Gasteiger partial charge in [0, 0.05) is 12.2 Å². The minimum absolute atomic E-state index is 0.159. The standard InChI is InChI=1S/C20H19FN4OS/c1-13(2)25-17-7-8-27-19(17)9-18(25)20(26)23-16-10-22-24(12-16)11-14-3-5-15(21)6-4-14/h3-10,12-13H,11H2,1-2H3,(H,23,26). The molecule has 0 radical (unpaired) electrons. The van der Waals surface area contributed by atoms with Gasteiger partial charge >= 0.3 is 0 Å². The molecule has 4 aromatic rings. The number of carbonyl (C=O) groups is 1. The Labute approximate surface area is 160 Å². The summed E-state index contributed by atoms with van der Waals surface area (Å²) in [6.45, 7) is 4.64. The number of anilines is 1. The summed E-state index contributed by atoms with van der Waals surface area (Å²) < 4.78 is 17.9. The first-order chi connectivity index (χ1) is 13.0. The van der Waals surface area contributed by atoms with Gasteiger partial charge in [0.25, 0.3) is 5.91 Å². The van der Waals surface area contributed by atoms with E-state index in [4.69, 9.17) is 0 Å². The fourth-order valence-electron chi connectivity index (χ4n) is 3.16. The molecule has 3 heterocycles. The number of carbonyl (C=O) groups excluding carboxylic acids is 1. The summed E-state index contributed by atoms with van der Waals surface area (Å²) in [7, 11) is 0. The molecule has 0 bridgehead atoms. The third-order valence-electron chi connectivity index (χ3n) is 4.36. The van der Waals surface area contributed by atoms with Crippen molar-refractivity contribution in [1.82, 2.24) is 14.3 Å². The predicted molar refractivity (Wildman–Crippen MR) is 106 cm³/mol. The molecule has 1 amide bonds. The van der Waals surface area contributed by atoms with Crippen molar-refractivity contribution in [3.63, 3.8) is 0 Å². The molecule has 7 heteroatoms. The van der Waals surface area contributed by atoms with Gasteiger partial charge in [0.1, 0.15) is 11.5 Å². The van der Waals surface area contributed by atoms with E-state index in [1.165, 1.54) is 12.1 Å². The normalized spacial score (nSPS) is 11.4. The van der Waals surface area contributed by atoms with Gasteiger partial charge in [0.2, 0.25) is 0 Å². The van der Waals surface area contributed by atoms with Crippen molar-refractivity contribution in [2.75, 3.05) is 5.32 Å². The van der Waals surface area contributed by atoms with Crippen molar-refractivity contribution >= 4 is 33.1 Å². The lowest BCUT2D eigenvalue weighted by molar-refractivity contribution is 0.101. The molecule has 0 aliphatic heterocycles. The first-order valence-electron chi connectivity index (χ1n) is 8.68. The Morgan fingerprint density at radius 1 is 1.26 bits per heavy atom. The number of benzene rings is 1. The molecule has 27 heavy (non-hydrogen) atoms. The molecule has 0 atom stereocenters. The van der Waals surface area contributed by atoms with E-state index in [-0.39, 0.29) is 17.8 Å². The van der Waals surface area contributed by atoms with Crippen molar-refractivity contribution in [2.45, 2.75) is 26.4 Å². The molecule has 0 spiro atoms. The minimum Gasteiger partial charge on any atom is -0.333 e. The van der Waals surface area contributed by atoms with Gasteiger partial charge < -0.3 is 9.88 Å². The molecule has 0 aliphatic rings. The first kappa shape index (κ1) is 17.5. The van der Waals surface area contributed by atoms with Gasteiger partial charge in [-0.05, 0) is 49.1 Å². The number of amides is 1. The van der Waals surface area contributed by atoms with Gasteiger partial charge in [-0.2, -0.15) is 5.10 Å². The van der Waals surface area contributed by atoms with Crippen molar-refractivity contribution in [3.05, 3.63) is 71.2 Å². The Morgan fingerprint density at radius 3 is 2.78 bits per heavy atom. The molecule has 0 saturated carbocycles. The van der Waals surface area contributed by atoms with E-state index < -0.39 is 0 Å². The second-order valence-corrected chi connectivity index (χ2v) is 7.62. The quantitative estimate of drug-likeness (QED) is 0.533. The van der Waals surface area contributed by atoms with Gasteiger partial charge in [-0.3, -0.25) is 9.48 Å². The van der Waals surface area contributed by atoms with E-state index in [1.54, 1.807) is 40.5 Å². The van der Waals surface area contributed by atoms with Crippen LogP contribution in [0.4, 0.5) is 10.1 Å². The number of nitrogens with zero attached hydrogens (tertiary/aromatic N) is 3. The summed E-state index contributed by atoms with van der Waals surface area (Å²) in [4.78, 5) is 12.8. The van der Waals surface area contributed by atoms with Crippen LogP contribution in [0.15, 0.2) is 54.2 Å². The van der Waals surface area contributed by atoms with Gasteiger partial charge in [-0.25, -0.2) is 4.39 Å². The van der Waals surface area contributed by atoms with E-state index >= 15 is 0 Å².